The van der Waals surface area contributed by atoms with E-state index in [1.807, 2.05) is 0 Å². The van der Waals surface area contributed by atoms with E-state index in [0.29, 0.717) is 5.05 Å². The maximum atomic E-state index is 9.97. The summed E-state index contributed by atoms with van der Waals surface area (Å²) in [5, 5.41) is 29.6. The molecule has 0 aromatic heterocycles. The fourth-order valence-electron chi connectivity index (χ4n) is 3.24. The second-order valence-electron chi connectivity index (χ2n) is 7.39. The minimum Gasteiger partial charge on any atom is -0.484 e. The van der Waals surface area contributed by atoms with E-state index in [-0.39, 0.29) is 13.2 Å². The molecule has 26 heavy (non-hydrogen) atoms. The molecule has 0 aliphatic carbocycles. The highest BCUT2D eigenvalue weighted by Gasteiger charge is 2.39. The fraction of sp³-hybridized carbons (Fsp3) is 0.950. The molecule has 3 N–H and O–H groups in total. The van der Waals surface area contributed by atoms with Gasteiger partial charge in [0, 0.05) is 6.42 Å². The smallest absolute Gasteiger partial charge is 0.159 e. The largest absolute Gasteiger partial charge is 0.484 e. The number of ether oxygens (including phenoxy) is 2. The van der Waals surface area contributed by atoms with Crippen LogP contribution in [0.25, 0.3) is 0 Å². The van der Waals surface area contributed by atoms with Gasteiger partial charge in [0.15, 0.2) is 5.05 Å². The molecule has 0 aromatic rings. The molecule has 5 nitrogen and oxygen atoms in total. The molecule has 0 saturated carbocycles. The monoisotopic (exact) mass is 390 g/mol. The lowest BCUT2D eigenvalue weighted by Gasteiger charge is -2.21. The zero-order chi connectivity index (χ0) is 19.2. The van der Waals surface area contributed by atoms with Crippen LogP contribution in [-0.2, 0) is 9.47 Å². The Morgan fingerprint density at radius 2 is 1.54 bits per heavy atom. The first-order chi connectivity index (χ1) is 12.6. The molecule has 4 atom stereocenters. The Morgan fingerprint density at radius 1 is 1.00 bits per heavy atom. The standard InChI is InChI=1S/C20H38O5S/c1-2-3-4-5-6-7-8-9-10-11-12-13-18(26)24-15-17(22)20-19(23)16(21)14-25-20/h16-17,19-23H,2-15H2,1H3/t16-,17+,19-,20-/m0/s1. The van der Waals surface area contributed by atoms with E-state index in [2.05, 4.69) is 6.92 Å². The predicted octanol–water partition coefficient (Wildman–Crippen LogP) is 3.51. The highest BCUT2D eigenvalue weighted by molar-refractivity contribution is 7.80. The van der Waals surface area contributed by atoms with Gasteiger partial charge >= 0.3 is 0 Å². The Bertz CT molecular complexity index is 366. The molecule has 1 heterocycles. The van der Waals surface area contributed by atoms with E-state index in [4.69, 9.17) is 21.7 Å². The van der Waals surface area contributed by atoms with Gasteiger partial charge in [0.2, 0.25) is 0 Å². The molecule has 6 heteroatoms. The lowest BCUT2D eigenvalue weighted by Crippen LogP contribution is -2.41. The molecule has 1 aliphatic rings. The quantitative estimate of drug-likeness (QED) is 0.293. The Balaban J connectivity index is 1.91. The van der Waals surface area contributed by atoms with E-state index in [1.54, 1.807) is 0 Å². The van der Waals surface area contributed by atoms with Crippen molar-refractivity contribution in [3.05, 3.63) is 0 Å². The lowest BCUT2D eigenvalue weighted by atomic mass is 10.1. The normalized spacial score (nSPS) is 23.9. The summed E-state index contributed by atoms with van der Waals surface area (Å²) in [4.78, 5) is 0. The van der Waals surface area contributed by atoms with Gasteiger partial charge < -0.3 is 24.8 Å². The van der Waals surface area contributed by atoms with E-state index < -0.39 is 24.4 Å². The van der Waals surface area contributed by atoms with E-state index in [1.165, 1.54) is 57.8 Å². The molecular formula is C20H38O5S. The summed E-state index contributed by atoms with van der Waals surface area (Å²) in [5.41, 5.74) is 0. The third kappa shape index (κ3) is 10.2. The molecule has 1 rings (SSSR count). The summed E-state index contributed by atoms with van der Waals surface area (Å²) < 4.78 is 10.6. The zero-order valence-corrected chi connectivity index (χ0v) is 17.1. The van der Waals surface area contributed by atoms with Crippen LogP contribution in [0.3, 0.4) is 0 Å². The molecule has 0 aromatic carbocycles. The second kappa shape index (κ2) is 14.7. The van der Waals surface area contributed by atoms with Gasteiger partial charge in [-0.15, -0.1) is 0 Å². The highest BCUT2D eigenvalue weighted by Crippen LogP contribution is 2.18. The van der Waals surface area contributed by atoms with E-state index in [9.17, 15) is 15.3 Å². The number of hydrogen-bond acceptors (Lipinski definition) is 6. The van der Waals surface area contributed by atoms with Crippen LogP contribution in [0.5, 0.6) is 0 Å². The van der Waals surface area contributed by atoms with Crippen LogP contribution in [0.2, 0.25) is 0 Å². The number of rotatable bonds is 15. The number of thiocarbonyl (C=S) groups is 1. The van der Waals surface area contributed by atoms with Gasteiger partial charge in [-0.1, -0.05) is 71.1 Å². The van der Waals surface area contributed by atoms with Gasteiger partial charge in [0.25, 0.3) is 0 Å². The summed E-state index contributed by atoms with van der Waals surface area (Å²) in [6.07, 6.45) is 11.1. The van der Waals surface area contributed by atoms with Crippen molar-refractivity contribution in [1.29, 1.82) is 0 Å². The van der Waals surface area contributed by atoms with Crippen molar-refractivity contribution < 1.29 is 24.8 Å². The first-order valence-electron chi connectivity index (χ1n) is 10.4. The Labute approximate surface area is 164 Å². The zero-order valence-electron chi connectivity index (χ0n) is 16.3. The second-order valence-corrected chi connectivity index (χ2v) is 7.85. The molecule has 1 fully saturated rings. The van der Waals surface area contributed by atoms with Gasteiger partial charge in [-0.3, -0.25) is 0 Å². The fourth-order valence-corrected chi connectivity index (χ4v) is 3.46. The first kappa shape index (κ1) is 23.8. The summed E-state index contributed by atoms with van der Waals surface area (Å²) in [5.74, 6) is 0. The van der Waals surface area contributed by atoms with Gasteiger partial charge in [-0.2, -0.15) is 0 Å². The molecule has 0 bridgehead atoms. The number of unbranched alkanes of at least 4 members (excludes halogenated alkanes) is 10. The number of hydrogen-bond donors (Lipinski definition) is 3. The van der Waals surface area contributed by atoms with Crippen LogP contribution in [-0.4, -0.2) is 58.0 Å². The van der Waals surface area contributed by atoms with Gasteiger partial charge in [-0.05, 0) is 18.6 Å². The van der Waals surface area contributed by atoms with Crippen LogP contribution < -0.4 is 0 Å². The third-order valence-electron chi connectivity index (χ3n) is 4.97. The van der Waals surface area contributed by atoms with Crippen molar-refractivity contribution in [2.75, 3.05) is 13.2 Å². The molecule has 0 amide bonds. The molecule has 1 aliphatic heterocycles. The average Bonchev–Trinajstić information content (AvgIpc) is 2.96. The number of aliphatic hydroxyl groups is 3. The molecule has 1 saturated heterocycles. The summed E-state index contributed by atoms with van der Waals surface area (Å²) in [7, 11) is 0. The maximum Gasteiger partial charge on any atom is 0.159 e. The number of aliphatic hydroxyl groups excluding tert-OH is 3. The van der Waals surface area contributed by atoms with Crippen molar-refractivity contribution in [2.45, 2.75) is 108 Å². The first-order valence-corrected chi connectivity index (χ1v) is 10.8. The highest BCUT2D eigenvalue weighted by atomic mass is 32.1. The molecule has 0 radical (unpaired) electrons. The van der Waals surface area contributed by atoms with Crippen molar-refractivity contribution >= 4 is 17.3 Å². The van der Waals surface area contributed by atoms with Crippen LogP contribution >= 0.6 is 12.2 Å². The summed E-state index contributed by atoms with van der Waals surface area (Å²) in [6.45, 7) is 2.27. The molecule has 0 spiro atoms. The minimum atomic E-state index is -1.08. The Morgan fingerprint density at radius 3 is 2.04 bits per heavy atom. The van der Waals surface area contributed by atoms with Gasteiger partial charge in [0.05, 0.1) is 6.61 Å². The van der Waals surface area contributed by atoms with Crippen molar-refractivity contribution in [2.24, 2.45) is 0 Å². The molecular weight excluding hydrogens is 352 g/mol. The van der Waals surface area contributed by atoms with Gasteiger partial charge in [-0.25, -0.2) is 0 Å². The van der Waals surface area contributed by atoms with Crippen molar-refractivity contribution in [3.8, 4) is 0 Å². The lowest BCUT2D eigenvalue weighted by molar-refractivity contribution is -0.0663. The van der Waals surface area contributed by atoms with Crippen LogP contribution in [0, 0.1) is 0 Å². The molecule has 154 valence electrons. The predicted molar refractivity (Wildman–Crippen MR) is 107 cm³/mol. The van der Waals surface area contributed by atoms with Crippen molar-refractivity contribution in [3.63, 3.8) is 0 Å². The minimum absolute atomic E-state index is 0.00862. The van der Waals surface area contributed by atoms with E-state index in [0.717, 1.165) is 19.3 Å². The topological polar surface area (TPSA) is 79.2 Å². The van der Waals surface area contributed by atoms with Crippen LogP contribution in [0.1, 0.15) is 84.0 Å². The van der Waals surface area contributed by atoms with Crippen molar-refractivity contribution in [1.82, 2.24) is 0 Å². The maximum absolute atomic E-state index is 9.97. The summed E-state index contributed by atoms with van der Waals surface area (Å²) in [6, 6.07) is 0. The SMILES string of the molecule is CCCCCCCCCCCCCC(=S)OC[C@@H](O)[C@@H]1OC[C@H](O)[C@@H]1O. The Kier molecular flexibility index (Phi) is 13.5. The third-order valence-corrected chi connectivity index (χ3v) is 5.29. The van der Waals surface area contributed by atoms with E-state index >= 15 is 0 Å². The van der Waals surface area contributed by atoms with Crippen LogP contribution in [0.15, 0.2) is 0 Å². The van der Waals surface area contributed by atoms with Crippen LogP contribution in [0.4, 0.5) is 0 Å². The molecule has 0 unspecified atom stereocenters. The Hall–Kier alpha value is -0.270. The van der Waals surface area contributed by atoms with Gasteiger partial charge in [0.1, 0.15) is 31.0 Å². The summed E-state index contributed by atoms with van der Waals surface area (Å²) >= 11 is 5.18. The average molecular weight is 391 g/mol.